The molecule has 2 N–H and O–H groups in total. The summed E-state index contributed by atoms with van der Waals surface area (Å²) in [5.74, 6) is 0. The smallest absolute Gasteiger partial charge is 0.0380 e. The molecule has 1 atom stereocenters. The van der Waals surface area contributed by atoms with Crippen LogP contribution >= 0.6 is 0 Å². The molecule has 0 fully saturated rings. The molecule has 0 aliphatic heterocycles. The third-order valence-electron chi connectivity index (χ3n) is 2.37. The molecule has 0 bridgehead atoms. The fourth-order valence-corrected chi connectivity index (χ4v) is 1.53. The molecule has 0 unspecified atom stereocenters. The summed E-state index contributed by atoms with van der Waals surface area (Å²) in [4.78, 5) is 2.17. The molecule has 0 amide bonds. The summed E-state index contributed by atoms with van der Waals surface area (Å²) in [6.07, 6.45) is 0. The van der Waals surface area contributed by atoms with E-state index in [1.165, 1.54) is 11.3 Å². The summed E-state index contributed by atoms with van der Waals surface area (Å²) in [5, 5.41) is 0. The molecule has 0 heterocycles. The van der Waals surface area contributed by atoms with Crippen LogP contribution in [-0.4, -0.2) is 13.6 Å². The van der Waals surface area contributed by atoms with E-state index in [1.807, 2.05) is 13.8 Å². The largest absolute Gasteiger partial charge is 0.371 e. The summed E-state index contributed by atoms with van der Waals surface area (Å²) in [6, 6.07) is 8.46. The van der Waals surface area contributed by atoms with Gasteiger partial charge >= 0.3 is 0 Å². The van der Waals surface area contributed by atoms with Gasteiger partial charge in [0.05, 0.1) is 0 Å². The van der Waals surface area contributed by atoms with Crippen molar-refractivity contribution in [3.05, 3.63) is 42.0 Å². The van der Waals surface area contributed by atoms with Crippen LogP contribution in [0.3, 0.4) is 0 Å². The number of likely N-dealkylation sites (N-methyl/N-ethyl adjacent to an activating group) is 1. The van der Waals surface area contributed by atoms with E-state index in [4.69, 9.17) is 5.73 Å². The van der Waals surface area contributed by atoms with Gasteiger partial charge in [0, 0.05) is 25.3 Å². The minimum atomic E-state index is 0.102. The van der Waals surface area contributed by atoms with Gasteiger partial charge in [0.25, 0.3) is 0 Å². The molecule has 2 heteroatoms. The summed E-state index contributed by atoms with van der Waals surface area (Å²) in [7, 11) is 2.07. The van der Waals surface area contributed by atoms with Gasteiger partial charge in [-0.15, -0.1) is 0 Å². The Morgan fingerprint density at radius 3 is 2.33 bits per heavy atom. The SMILES string of the molecule is C=C(C)CN(C)c1ccc([C@@H](C)N)cc1. The van der Waals surface area contributed by atoms with Crippen LogP contribution in [0.5, 0.6) is 0 Å². The minimum absolute atomic E-state index is 0.102. The van der Waals surface area contributed by atoms with Crippen molar-refractivity contribution >= 4 is 5.69 Å². The lowest BCUT2D eigenvalue weighted by Gasteiger charge is -2.19. The summed E-state index contributed by atoms with van der Waals surface area (Å²) in [6.45, 7) is 8.82. The quantitative estimate of drug-likeness (QED) is 0.764. The van der Waals surface area contributed by atoms with Gasteiger partial charge in [-0.2, -0.15) is 0 Å². The Hall–Kier alpha value is -1.28. The lowest BCUT2D eigenvalue weighted by Crippen LogP contribution is -2.19. The Kier molecular flexibility index (Phi) is 3.92. The molecule has 1 aromatic carbocycles. The average Bonchev–Trinajstić information content (AvgIpc) is 2.17. The molecule has 0 aliphatic rings. The molecule has 0 saturated carbocycles. The summed E-state index contributed by atoms with van der Waals surface area (Å²) < 4.78 is 0. The Bertz CT molecular complexity index is 325. The van der Waals surface area contributed by atoms with Crippen molar-refractivity contribution in [1.82, 2.24) is 0 Å². The Balaban J connectivity index is 2.75. The zero-order valence-electron chi connectivity index (χ0n) is 9.83. The second-order valence-electron chi connectivity index (χ2n) is 4.19. The monoisotopic (exact) mass is 204 g/mol. The highest BCUT2D eigenvalue weighted by Gasteiger charge is 2.02. The van der Waals surface area contributed by atoms with Crippen LogP contribution in [0.1, 0.15) is 25.5 Å². The van der Waals surface area contributed by atoms with Crippen LogP contribution < -0.4 is 10.6 Å². The van der Waals surface area contributed by atoms with Crippen LogP contribution in [0.2, 0.25) is 0 Å². The van der Waals surface area contributed by atoms with E-state index in [2.05, 4.69) is 42.8 Å². The molecule has 1 rings (SSSR count). The maximum Gasteiger partial charge on any atom is 0.0380 e. The number of benzene rings is 1. The fourth-order valence-electron chi connectivity index (χ4n) is 1.53. The lowest BCUT2D eigenvalue weighted by atomic mass is 10.1. The number of hydrogen-bond donors (Lipinski definition) is 1. The molecule has 0 spiro atoms. The van der Waals surface area contributed by atoms with Crippen molar-refractivity contribution in [1.29, 1.82) is 0 Å². The van der Waals surface area contributed by atoms with E-state index in [9.17, 15) is 0 Å². The van der Waals surface area contributed by atoms with Crippen molar-refractivity contribution in [3.8, 4) is 0 Å². The van der Waals surface area contributed by atoms with Gasteiger partial charge in [-0.3, -0.25) is 0 Å². The van der Waals surface area contributed by atoms with Gasteiger partial charge < -0.3 is 10.6 Å². The zero-order valence-corrected chi connectivity index (χ0v) is 9.83. The van der Waals surface area contributed by atoms with E-state index >= 15 is 0 Å². The van der Waals surface area contributed by atoms with Gasteiger partial charge in [0.2, 0.25) is 0 Å². The maximum absolute atomic E-state index is 5.79. The molecule has 0 saturated heterocycles. The third-order valence-corrected chi connectivity index (χ3v) is 2.37. The van der Waals surface area contributed by atoms with Crippen molar-refractivity contribution in [2.45, 2.75) is 19.9 Å². The van der Waals surface area contributed by atoms with E-state index in [-0.39, 0.29) is 6.04 Å². The second-order valence-corrected chi connectivity index (χ2v) is 4.19. The Morgan fingerprint density at radius 1 is 1.40 bits per heavy atom. The average molecular weight is 204 g/mol. The predicted molar refractivity (Wildman–Crippen MR) is 67.1 cm³/mol. The normalized spacial score (nSPS) is 12.3. The van der Waals surface area contributed by atoms with E-state index in [0.717, 1.165) is 12.1 Å². The first-order chi connectivity index (χ1) is 7.00. The molecule has 0 aromatic heterocycles. The topological polar surface area (TPSA) is 29.3 Å². The van der Waals surface area contributed by atoms with Crippen molar-refractivity contribution in [3.63, 3.8) is 0 Å². The van der Waals surface area contributed by atoms with Crippen LogP contribution in [0, 0.1) is 0 Å². The van der Waals surface area contributed by atoms with Crippen LogP contribution in [-0.2, 0) is 0 Å². The molecular formula is C13H20N2. The highest BCUT2D eigenvalue weighted by Crippen LogP contribution is 2.17. The predicted octanol–water partition coefficient (Wildman–Crippen LogP) is 2.72. The number of nitrogens with zero attached hydrogens (tertiary/aromatic N) is 1. The van der Waals surface area contributed by atoms with Gasteiger partial charge in [0.1, 0.15) is 0 Å². The van der Waals surface area contributed by atoms with Crippen molar-refractivity contribution in [2.24, 2.45) is 5.73 Å². The van der Waals surface area contributed by atoms with Gasteiger partial charge in [-0.05, 0) is 31.5 Å². The third kappa shape index (κ3) is 3.40. The highest BCUT2D eigenvalue weighted by molar-refractivity contribution is 5.48. The molecule has 0 aliphatic carbocycles. The van der Waals surface area contributed by atoms with Crippen molar-refractivity contribution in [2.75, 3.05) is 18.5 Å². The number of rotatable bonds is 4. The van der Waals surface area contributed by atoms with Gasteiger partial charge in [-0.25, -0.2) is 0 Å². The number of nitrogens with two attached hydrogens (primary N) is 1. The van der Waals surface area contributed by atoms with Crippen LogP contribution in [0.25, 0.3) is 0 Å². The van der Waals surface area contributed by atoms with E-state index in [0.29, 0.717) is 0 Å². The van der Waals surface area contributed by atoms with E-state index in [1.54, 1.807) is 0 Å². The first-order valence-corrected chi connectivity index (χ1v) is 5.21. The first-order valence-electron chi connectivity index (χ1n) is 5.21. The van der Waals surface area contributed by atoms with Crippen LogP contribution in [0.15, 0.2) is 36.4 Å². The minimum Gasteiger partial charge on any atom is -0.371 e. The molecule has 15 heavy (non-hydrogen) atoms. The zero-order chi connectivity index (χ0) is 11.4. The first kappa shape index (κ1) is 11.8. The molecule has 82 valence electrons. The standard InChI is InChI=1S/C13H20N2/c1-10(2)9-15(4)13-7-5-12(6-8-13)11(3)14/h5-8,11H,1,9,14H2,2-4H3/t11-/m1/s1. The summed E-state index contributed by atoms with van der Waals surface area (Å²) >= 11 is 0. The van der Waals surface area contributed by atoms with Gasteiger partial charge in [0.15, 0.2) is 0 Å². The molecule has 2 nitrogen and oxygen atoms in total. The van der Waals surface area contributed by atoms with E-state index < -0.39 is 0 Å². The molecule has 0 radical (unpaired) electrons. The highest BCUT2D eigenvalue weighted by atomic mass is 15.1. The van der Waals surface area contributed by atoms with Gasteiger partial charge in [-0.1, -0.05) is 24.3 Å². The maximum atomic E-state index is 5.79. The lowest BCUT2D eigenvalue weighted by molar-refractivity contribution is 0.817. The Morgan fingerprint density at radius 2 is 1.93 bits per heavy atom. The molecule has 1 aromatic rings. The fraction of sp³-hybridized carbons (Fsp3) is 0.385. The van der Waals surface area contributed by atoms with Crippen molar-refractivity contribution < 1.29 is 0 Å². The number of hydrogen-bond acceptors (Lipinski definition) is 2. The Labute approximate surface area is 92.4 Å². The summed E-state index contributed by atoms with van der Waals surface area (Å²) in [5.41, 5.74) is 9.32. The number of anilines is 1. The second kappa shape index (κ2) is 4.99. The van der Waals surface area contributed by atoms with Crippen LogP contribution in [0.4, 0.5) is 5.69 Å². The molecular weight excluding hydrogens is 184 g/mol.